The van der Waals surface area contributed by atoms with Gasteiger partial charge in [0.1, 0.15) is 5.75 Å². The third-order valence-electron chi connectivity index (χ3n) is 4.12. The minimum absolute atomic E-state index is 0.625. The van der Waals surface area contributed by atoms with E-state index in [9.17, 15) is 0 Å². The van der Waals surface area contributed by atoms with Crippen LogP contribution >= 0.6 is 0 Å². The van der Waals surface area contributed by atoms with E-state index in [1.807, 2.05) is 19.3 Å². The lowest BCUT2D eigenvalue weighted by Crippen LogP contribution is -2.30. The van der Waals surface area contributed by atoms with Gasteiger partial charge in [0.15, 0.2) is 0 Å². The number of nitrogens with one attached hydrogen (secondary N) is 1. The van der Waals surface area contributed by atoms with Crippen molar-refractivity contribution in [2.24, 2.45) is 0 Å². The van der Waals surface area contributed by atoms with Crippen molar-refractivity contribution in [1.82, 2.24) is 10.3 Å². The topological polar surface area (TPSA) is 34.2 Å². The molecule has 2 rings (SSSR count). The standard InChI is InChI=1S/C17H28N2O/c1-3-9-19-16-8-6-5-7-14(10-16)15-11-17(20-4-2)13-18-12-15/h11-14,16,19H,3-10H2,1-2H3. The van der Waals surface area contributed by atoms with E-state index >= 15 is 0 Å². The molecule has 2 unspecified atom stereocenters. The minimum Gasteiger partial charge on any atom is -0.492 e. The molecule has 0 saturated heterocycles. The smallest absolute Gasteiger partial charge is 0.137 e. The average Bonchev–Trinajstić information content (AvgIpc) is 2.71. The zero-order valence-corrected chi connectivity index (χ0v) is 12.9. The first-order valence-corrected chi connectivity index (χ1v) is 8.14. The van der Waals surface area contributed by atoms with Crippen molar-refractivity contribution in [3.05, 3.63) is 24.0 Å². The van der Waals surface area contributed by atoms with Crippen LogP contribution < -0.4 is 10.1 Å². The maximum atomic E-state index is 5.58. The molecule has 1 heterocycles. The lowest BCUT2D eigenvalue weighted by molar-refractivity contribution is 0.337. The van der Waals surface area contributed by atoms with Gasteiger partial charge in [-0.2, -0.15) is 0 Å². The highest BCUT2D eigenvalue weighted by molar-refractivity contribution is 5.26. The summed E-state index contributed by atoms with van der Waals surface area (Å²) in [7, 11) is 0. The van der Waals surface area contributed by atoms with Crippen molar-refractivity contribution in [2.45, 2.75) is 64.3 Å². The summed E-state index contributed by atoms with van der Waals surface area (Å²) in [5.74, 6) is 1.53. The molecule has 20 heavy (non-hydrogen) atoms. The number of pyridine rings is 1. The van der Waals surface area contributed by atoms with E-state index in [0.717, 1.165) is 12.3 Å². The van der Waals surface area contributed by atoms with Crippen LogP contribution in [0.2, 0.25) is 0 Å². The lowest BCUT2D eigenvalue weighted by Gasteiger charge is -2.21. The highest BCUT2D eigenvalue weighted by atomic mass is 16.5. The molecule has 0 radical (unpaired) electrons. The van der Waals surface area contributed by atoms with Crippen LogP contribution in [0, 0.1) is 0 Å². The molecule has 3 heteroatoms. The van der Waals surface area contributed by atoms with Gasteiger partial charge in [-0.3, -0.25) is 4.98 Å². The van der Waals surface area contributed by atoms with E-state index in [1.54, 1.807) is 0 Å². The summed E-state index contributed by atoms with van der Waals surface area (Å²) in [6.45, 7) is 6.09. The minimum atomic E-state index is 0.625. The summed E-state index contributed by atoms with van der Waals surface area (Å²) in [5.41, 5.74) is 1.35. The van der Waals surface area contributed by atoms with Crippen LogP contribution in [-0.2, 0) is 0 Å². The summed E-state index contributed by atoms with van der Waals surface area (Å²) < 4.78 is 5.58. The number of ether oxygens (including phenoxy) is 1. The van der Waals surface area contributed by atoms with Crippen molar-refractivity contribution in [3.8, 4) is 5.75 Å². The second-order valence-corrected chi connectivity index (χ2v) is 5.76. The number of aromatic nitrogens is 1. The Morgan fingerprint density at radius 1 is 1.25 bits per heavy atom. The normalized spacial score (nSPS) is 23.3. The van der Waals surface area contributed by atoms with Crippen molar-refractivity contribution < 1.29 is 4.74 Å². The predicted molar refractivity (Wildman–Crippen MR) is 83.3 cm³/mol. The third kappa shape index (κ3) is 4.48. The van der Waals surface area contributed by atoms with E-state index in [1.165, 1.54) is 44.1 Å². The highest BCUT2D eigenvalue weighted by Crippen LogP contribution is 2.32. The molecule has 0 bridgehead atoms. The van der Waals surface area contributed by atoms with E-state index in [2.05, 4.69) is 23.3 Å². The molecule has 1 aliphatic rings. The van der Waals surface area contributed by atoms with E-state index in [0.29, 0.717) is 18.6 Å². The molecule has 1 aliphatic carbocycles. The Morgan fingerprint density at radius 3 is 2.90 bits per heavy atom. The summed E-state index contributed by atoms with van der Waals surface area (Å²) >= 11 is 0. The molecule has 0 spiro atoms. The molecule has 1 N–H and O–H groups in total. The third-order valence-corrected chi connectivity index (χ3v) is 4.12. The fourth-order valence-corrected chi connectivity index (χ4v) is 3.10. The fourth-order valence-electron chi connectivity index (χ4n) is 3.10. The van der Waals surface area contributed by atoms with Gasteiger partial charge in [-0.1, -0.05) is 19.8 Å². The van der Waals surface area contributed by atoms with Crippen LogP contribution in [0.5, 0.6) is 5.75 Å². The molecule has 1 aromatic heterocycles. The van der Waals surface area contributed by atoms with Gasteiger partial charge in [0.05, 0.1) is 12.8 Å². The molecular weight excluding hydrogens is 248 g/mol. The maximum Gasteiger partial charge on any atom is 0.137 e. The molecule has 3 nitrogen and oxygen atoms in total. The molecule has 0 aliphatic heterocycles. The monoisotopic (exact) mass is 276 g/mol. The van der Waals surface area contributed by atoms with E-state index < -0.39 is 0 Å². The molecule has 0 amide bonds. The largest absolute Gasteiger partial charge is 0.492 e. The van der Waals surface area contributed by atoms with Crippen LogP contribution in [0.15, 0.2) is 18.5 Å². The van der Waals surface area contributed by atoms with Gasteiger partial charge in [0, 0.05) is 12.2 Å². The number of hydrogen-bond acceptors (Lipinski definition) is 3. The molecule has 1 aromatic rings. The zero-order chi connectivity index (χ0) is 14.2. The van der Waals surface area contributed by atoms with Gasteiger partial charge in [-0.25, -0.2) is 0 Å². The average molecular weight is 276 g/mol. The summed E-state index contributed by atoms with van der Waals surface area (Å²) in [6.07, 6.45) is 11.5. The lowest BCUT2D eigenvalue weighted by atomic mass is 9.91. The molecule has 1 saturated carbocycles. The van der Waals surface area contributed by atoms with Crippen LogP contribution in [0.1, 0.15) is 63.9 Å². The number of hydrogen-bond donors (Lipinski definition) is 1. The van der Waals surface area contributed by atoms with Crippen LogP contribution in [0.3, 0.4) is 0 Å². The Hall–Kier alpha value is -1.09. The van der Waals surface area contributed by atoms with Crippen molar-refractivity contribution in [3.63, 3.8) is 0 Å². The summed E-state index contributed by atoms with van der Waals surface area (Å²) in [5, 5.41) is 3.70. The zero-order valence-electron chi connectivity index (χ0n) is 12.9. The Labute approximate surface area is 123 Å². The van der Waals surface area contributed by atoms with Crippen LogP contribution in [-0.4, -0.2) is 24.2 Å². The van der Waals surface area contributed by atoms with Crippen LogP contribution in [0.25, 0.3) is 0 Å². The molecule has 2 atom stereocenters. The van der Waals surface area contributed by atoms with E-state index in [-0.39, 0.29) is 0 Å². The van der Waals surface area contributed by atoms with Gasteiger partial charge in [-0.15, -0.1) is 0 Å². The Kier molecular flexibility index (Phi) is 6.31. The van der Waals surface area contributed by atoms with Gasteiger partial charge < -0.3 is 10.1 Å². The van der Waals surface area contributed by atoms with Crippen molar-refractivity contribution in [1.29, 1.82) is 0 Å². The summed E-state index contributed by atoms with van der Waals surface area (Å²) in [4.78, 5) is 4.35. The first-order chi connectivity index (χ1) is 9.83. The van der Waals surface area contributed by atoms with Gasteiger partial charge in [-0.05, 0) is 56.7 Å². The first kappa shape index (κ1) is 15.3. The second-order valence-electron chi connectivity index (χ2n) is 5.76. The van der Waals surface area contributed by atoms with Gasteiger partial charge >= 0.3 is 0 Å². The number of rotatable bonds is 6. The maximum absolute atomic E-state index is 5.58. The molecular formula is C17H28N2O. The Morgan fingerprint density at radius 2 is 2.10 bits per heavy atom. The second kappa shape index (κ2) is 8.25. The molecule has 112 valence electrons. The predicted octanol–water partition coefficient (Wildman–Crippen LogP) is 3.90. The SMILES string of the molecule is CCCNC1CCCCC(c2cncc(OCC)c2)C1. The molecule has 0 aromatic carbocycles. The Balaban J connectivity index is 2.03. The molecule has 1 fully saturated rings. The quantitative estimate of drug-likeness (QED) is 0.800. The number of nitrogens with zero attached hydrogens (tertiary/aromatic N) is 1. The highest BCUT2D eigenvalue weighted by Gasteiger charge is 2.21. The fraction of sp³-hybridized carbons (Fsp3) is 0.706. The van der Waals surface area contributed by atoms with Gasteiger partial charge in [0.25, 0.3) is 0 Å². The van der Waals surface area contributed by atoms with Crippen LogP contribution in [0.4, 0.5) is 0 Å². The van der Waals surface area contributed by atoms with Gasteiger partial charge in [0.2, 0.25) is 0 Å². The Bertz CT molecular complexity index is 394. The van der Waals surface area contributed by atoms with Crippen molar-refractivity contribution >= 4 is 0 Å². The summed E-state index contributed by atoms with van der Waals surface area (Å²) in [6, 6.07) is 2.85. The van der Waals surface area contributed by atoms with Crippen molar-refractivity contribution in [2.75, 3.05) is 13.2 Å². The van der Waals surface area contributed by atoms with E-state index in [4.69, 9.17) is 4.74 Å². The first-order valence-electron chi connectivity index (χ1n) is 8.14.